The van der Waals surface area contributed by atoms with Crippen LogP contribution in [0.2, 0.25) is 0 Å². The second-order valence-electron chi connectivity index (χ2n) is 1.61. The Labute approximate surface area is 56.5 Å². The fourth-order valence-electron chi connectivity index (χ4n) is 0.522. The van der Waals surface area contributed by atoms with E-state index >= 15 is 0 Å². The molecule has 1 aromatic heterocycles. The van der Waals surface area contributed by atoms with Crippen LogP contribution in [-0.2, 0) is 5.33 Å². The van der Waals surface area contributed by atoms with Gasteiger partial charge in [-0.15, -0.1) is 0 Å². The van der Waals surface area contributed by atoms with Crippen molar-refractivity contribution in [2.75, 3.05) is 0 Å². The predicted molar refractivity (Wildman–Crippen MR) is 36.0 cm³/mol. The van der Waals surface area contributed by atoms with E-state index in [1.165, 1.54) is 0 Å². The summed E-state index contributed by atoms with van der Waals surface area (Å²) in [5.74, 6) is 0. The van der Waals surface area contributed by atoms with Crippen LogP contribution in [0.4, 0.5) is 0 Å². The second-order valence-corrected chi connectivity index (χ2v) is 2.17. The van der Waals surface area contributed by atoms with Gasteiger partial charge in [0.1, 0.15) is 0 Å². The molecule has 0 saturated heterocycles. The van der Waals surface area contributed by atoms with Crippen LogP contribution in [0.15, 0.2) is 6.33 Å². The fourth-order valence-corrected chi connectivity index (χ4v) is 1.09. The first kappa shape index (κ1) is 5.82. The highest BCUT2D eigenvalue weighted by molar-refractivity contribution is 9.08. The van der Waals surface area contributed by atoms with E-state index in [-0.39, 0.29) is 0 Å². The van der Waals surface area contributed by atoms with Crippen LogP contribution in [0, 0.1) is 6.92 Å². The summed E-state index contributed by atoms with van der Waals surface area (Å²) >= 11 is 3.30. The average Bonchev–Trinajstić information content (AvgIpc) is 2.14. The van der Waals surface area contributed by atoms with E-state index in [1.807, 2.05) is 6.92 Å². The molecule has 0 spiro atoms. The highest BCUT2D eigenvalue weighted by atomic mass is 79.9. The van der Waals surface area contributed by atoms with Gasteiger partial charge in [0.2, 0.25) is 0 Å². The van der Waals surface area contributed by atoms with Gasteiger partial charge >= 0.3 is 0 Å². The number of halogens is 1. The number of imidazole rings is 1. The first-order valence-corrected chi connectivity index (χ1v) is 3.51. The molecule has 2 nitrogen and oxygen atoms in total. The molecule has 1 rings (SSSR count). The number of aryl methyl sites for hydroxylation is 1. The van der Waals surface area contributed by atoms with E-state index < -0.39 is 0 Å². The summed E-state index contributed by atoms with van der Waals surface area (Å²) < 4.78 is 0. The summed E-state index contributed by atoms with van der Waals surface area (Å²) in [6, 6.07) is 0. The Balaban J connectivity index is 2.92. The van der Waals surface area contributed by atoms with Crippen molar-refractivity contribution in [1.82, 2.24) is 9.97 Å². The van der Waals surface area contributed by atoms with Crippen molar-refractivity contribution in [1.29, 1.82) is 0 Å². The minimum atomic E-state index is 0.836. The third-order valence-corrected chi connectivity index (χ3v) is 1.59. The Morgan fingerprint density at radius 1 is 1.88 bits per heavy atom. The van der Waals surface area contributed by atoms with Crippen molar-refractivity contribution in [2.24, 2.45) is 0 Å². The van der Waals surface area contributed by atoms with Crippen LogP contribution >= 0.6 is 15.9 Å². The lowest BCUT2D eigenvalue weighted by Crippen LogP contribution is -1.78. The van der Waals surface area contributed by atoms with E-state index in [1.54, 1.807) is 6.33 Å². The molecule has 0 aromatic carbocycles. The number of nitrogens with one attached hydrogen (secondary N) is 1. The van der Waals surface area contributed by atoms with Crippen molar-refractivity contribution in [3.8, 4) is 0 Å². The lowest BCUT2D eigenvalue weighted by atomic mass is 10.4. The van der Waals surface area contributed by atoms with Crippen molar-refractivity contribution in [2.45, 2.75) is 12.3 Å². The highest BCUT2D eigenvalue weighted by Gasteiger charge is 1.94. The molecule has 8 heavy (non-hydrogen) atoms. The van der Waals surface area contributed by atoms with E-state index in [2.05, 4.69) is 25.9 Å². The van der Waals surface area contributed by atoms with E-state index in [0.29, 0.717) is 0 Å². The molecule has 0 aliphatic carbocycles. The summed E-state index contributed by atoms with van der Waals surface area (Å²) in [6.07, 6.45) is 1.70. The Morgan fingerprint density at radius 3 is 2.88 bits per heavy atom. The third-order valence-electron chi connectivity index (χ3n) is 1.06. The van der Waals surface area contributed by atoms with Crippen molar-refractivity contribution >= 4 is 15.9 Å². The molecule has 0 radical (unpaired) electrons. The minimum Gasteiger partial charge on any atom is -0.348 e. The van der Waals surface area contributed by atoms with Gasteiger partial charge in [0.25, 0.3) is 0 Å². The van der Waals surface area contributed by atoms with Gasteiger partial charge in [0, 0.05) is 11.0 Å². The monoisotopic (exact) mass is 174 g/mol. The quantitative estimate of drug-likeness (QED) is 0.645. The summed E-state index contributed by atoms with van der Waals surface area (Å²) in [7, 11) is 0. The van der Waals surface area contributed by atoms with Gasteiger partial charge in [-0.1, -0.05) is 15.9 Å². The number of alkyl halides is 1. The van der Waals surface area contributed by atoms with Gasteiger partial charge in [-0.2, -0.15) is 0 Å². The number of aromatic nitrogens is 2. The van der Waals surface area contributed by atoms with E-state index in [9.17, 15) is 0 Å². The Bertz CT molecular complexity index is 171. The molecule has 1 N–H and O–H groups in total. The smallest absolute Gasteiger partial charge is 0.0925 e. The molecule has 0 amide bonds. The summed E-state index contributed by atoms with van der Waals surface area (Å²) in [6.45, 7) is 2.00. The largest absolute Gasteiger partial charge is 0.348 e. The lowest BCUT2D eigenvalue weighted by Gasteiger charge is -1.85. The average molecular weight is 175 g/mol. The standard InChI is InChI=1S/C5H7BrN2/c1-4-5(2-6)8-3-7-4/h3H,2H2,1H3,(H,7,8). The SMILES string of the molecule is Cc1[nH]cnc1CBr. The number of hydrogen-bond acceptors (Lipinski definition) is 1. The van der Waals surface area contributed by atoms with Crippen LogP contribution in [0.1, 0.15) is 11.4 Å². The summed E-state index contributed by atoms with van der Waals surface area (Å²) in [5.41, 5.74) is 2.23. The fraction of sp³-hybridized carbons (Fsp3) is 0.400. The van der Waals surface area contributed by atoms with Crippen LogP contribution in [0.5, 0.6) is 0 Å². The number of aromatic amines is 1. The van der Waals surface area contributed by atoms with E-state index in [0.717, 1.165) is 16.7 Å². The number of nitrogens with zero attached hydrogens (tertiary/aromatic N) is 1. The van der Waals surface area contributed by atoms with Gasteiger partial charge < -0.3 is 4.98 Å². The first-order valence-electron chi connectivity index (χ1n) is 2.39. The van der Waals surface area contributed by atoms with Gasteiger partial charge in [-0.05, 0) is 6.92 Å². The molecule has 0 saturated carbocycles. The Hall–Kier alpha value is -0.310. The molecule has 0 aliphatic heterocycles. The molecule has 0 bridgehead atoms. The predicted octanol–water partition coefficient (Wildman–Crippen LogP) is 1.61. The van der Waals surface area contributed by atoms with E-state index in [4.69, 9.17) is 0 Å². The Kier molecular flexibility index (Phi) is 1.68. The maximum Gasteiger partial charge on any atom is 0.0925 e. The number of rotatable bonds is 1. The van der Waals surface area contributed by atoms with Crippen molar-refractivity contribution < 1.29 is 0 Å². The van der Waals surface area contributed by atoms with Crippen LogP contribution in [-0.4, -0.2) is 9.97 Å². The molecule has 0 atom stereocenters. The zero-order valence-electron chi connectivity index (χ0n) is 4.61. The lowest BCUT2D eigenvalue weighted by molar-refractivity contribution is 1.20. The molecule has 3 heteroatoms. The number of hydrogen-bond donors (Lipinski definition) is 1. The maximum absolute atomic E-state index is 4.03. The second kappa shape index (κ2) is 2.31. The molecule has 1 aromatic rings. The molecule has 0 unspecified atom stereocenters. The van der Waals surface area contributed by atoms with Gasteiger partial charge in [-0.3, -0.25) is 0 Å². The van der Waals surface area contributed by atoms with Gasteiger partial charge in [0.15, 0.2) is 0 Å². The van der Waals surface area contributed by atoms with Gasteiger partial charge in [0.05, 0.1) is 12.0 Å². The topological polar surface area (TPSA) is 28.7 Å². The number of H-pyrrole nitrogens is 1. The van der Waals surface area contributed by atoms with Crippen LogP contribution in [0.25, 0.3) is 0 Å². The van der Waals surface area contributed by atoms with Crippen LogP contribution in [0.3, 0.4) is 0 Å². The maximum atomic E-state index is 4.03. The molecule has 1 heterocycles. The highest BCUT2D eigenvalue weighted by Crippen LogP contribution is 2.04. The van der Waals surface area contributed by atoms with Crippen molar-refractivity contribution in [3.05, 3.63) is 17.7 Å². The van der Waals surface area contributed by atoms with Crippen molar-refractivity contribution in [3.63, 3.8) is 0 Å². The first-order chi connectivity index (χ1) is 3.84. The Morgan fingerprint density at radius 2 is 2.62 bits per heavy atom. The van der Waals surface area contributed by atoms with Gasteiger partial charge in [-0.25, -0.2) is 4.98 Å². The molecule has 44 valence electrons. The molecular formula is C5H7BrN2. The molecular weight excluding hydrogens is 168 g/mol. The summed E-state index contributed by atoms with van der Waals surface area (Å²) in [4.78, 5) is 7.01. The minimum absolute atomic E-state index is 0.836. The molecule has 0 aliphatic rings. The third kappa shape index (κ3) is 0.916. The normalized spacial score (nSPS) is 9.75. The zero-order valence-corrected chi connectivity index (χ0v) is 6.20. The van der Waals surface area contributed by atoms with Crippen LogP contribution < -0.4 is 0 Å². The summed E-state index contributed by atoms with van der Waals surface area (Å²) in [5, 5.41) is 0.836. The zero-order chi connectivity index (χ0) is 5.98. The molecule has 0 fully saturated rings.